The predicted octanol–water partition coefficient (Wildman–Crippen LogP) is 3.67. The molecule has 1 N–H and O–H groups in total. The smallest absolute Gasteiger partial charge is 0.272 e. The molecule has 1 heterocycles. The summed E-state index contributed by atoms with van der Waals surface area (Å²) in [5.74, 6) is -0.524. The quantitative estimate of drug-likeness (QED) is 0.700. The number of aromatic nitrogens is 1. The van der Waals surface area contributed by atoms with Crippen molar-refractivity contribution in [3.63, 3.8) is 0 Å². The van der Waals surface area contributed by atoms with Crippen LogP contribution in [-0.4, -0.2) is 42.8 Å². The average Bonchev–Trinajstić information content (AvgIpc) is 2.74. The van der Waals surface area contributed by atoms with Gasteiger partial charge in [0.25, 0.3) is 11.8 Å². The SMILES string of the molecule is CN(Cc1ccccc1)C(=O)c1cc(C(=O)Nc2ccc(N(C)C)cc2)ccn1. The minimum Gasteiger partial charge on any atom is -0.378 e. The second-order valence-corrected chi connectivity index (χ2v) is 6.97. The van der Waals surface area contributed by atoms with E-state index in [9.17, 15) is 9.59 Å². The van der Waals surface area contributed by atoms with Crippen molar-refractivity contribution in [3.05, 3.63) is 89.7 Å². The lowest BCUT2D eigenvalue weighted by Crippen LogP contribution is -2.27. The van der Waals surface area contributed by atoms with Crippen LogP contribution in [0.5, 0.6) is 0 Å². The molecule has 2 amide bonds. The first kappa shape index (κ1) is 20.1. The summed E-state index contributed by atoms with van der Waals surface area (Å²) in [5.41, 5.74) is 3.37. The zero-order chi connectivity index (χ0) is 20.8. The van der Waals surface area contributed by atoms with Crippen molar-refractivity contribution in [1.29, 1.82) is 0 Å². The Balaban J connectivity index is 1.69. The highest BCUT2D eigenvalue weighted by Crippen LogP contribution is 2.17. The largest absolute Gasteiger partial charge is 0.378 e. The van der Waals surface area contributed by atoms with E-state index < -0.39 is 0 Å². The topological polar surface area (TPSA) is 65.5 Å². The van der Waals surface area contributed by atoms with Gasteiger partial charge in [-0.2, -0.15) is 0 Å². The van der Waals surface area contributed by atoms with Gasteiger partial charge in [0.15, 0.2) is 0 Å². The molecular formula is C23H24N4O2. The fourth-order valence-corrected chi connectivity index (χ4v) is 2.86. The lowest BCUT2D eigenvalue weighted by molar-refractivity contribution is 0.0779. The van der Waals surface area contributed by atoms with E-state index >= 15 is 0 Å². The lowest BCUT2D eigenvalue weighted by Gasteiger charge is -2.17. The van der Waals surface area contributed by atoms with Gasteiger partial charge in [-0.25, -0.2) is 0 Å². The van der Waals surface area contributed by atoms with Gasteiger partial charge in [0.05, 0.1) is 0 Å². The van der Waals surface area contributed by atoms with Crippen LogP contribution in [0.2, 0.25) is 0 Å². The first-order valence-electron chi connectivity index (χ1n) is 9.28. The molecule has 2 aromatic carbocycles. The molecule has 0 bridgehead atoms. The van der Waals surface area contributed by atoms with E-state index in [1.807, 2.05) is 73.6 Å². The van der Waals surface area contributed by atoms with Crippen molar-refractivity contribution in [2.45, 2.75) is 6.54 Å². The molecule has 0 unspecified atom stereocenters. The molecule has 148 valence electrons. The third kappa shape index (κ3) is 5.19. The highest BCUT2D eigenvalue weighted by Gasteiger charge is 2.16. The Bertz CT molecular complexity index is 985. The summed E-state index contributed by atoms with van der Waals surface area (Å²) in [6, 6.07) is 20.4. The van der Waals surface area contributed by atoms with Crippen molar-refractivity contribution in [3.8, 4) is 0 Å². The average molecular weight is 388 g/mol. The van der Waals surface area contributed by atoms with Gasteiger partial charge in [-0.15, -0.1) is 0 Å². The normalized spacial score (nSPS) is 10.3. The summed E-state index contributed by atoms with van der Waals surface area (Å²) in [6.45, 7) is 0.468. The number of hydrogen-bond donors (Lipinski definition) is 1. The second-order valence-electron chi connectivity index (χ2n) is 6.97. The first-order chi connectivity index (χ1) is 13.9. The van der Waals surface area contributed by atoms with E-state index in [1.54, 1.807) is 18.0 Å². The maximum absolute atomic E-state index is 12.7. The number of anilines is 2. The second kappa shape index (κ2) is 9.01. The molecule has 0 fully saturated rings. The highest BCUT2D eigenvalue weighted by atomic mass is 16.2. The monoisotopic (exact) mass is 388 g/mol. The molecule has 29 heavy (non-hydrogen) atoms. The third-order valence-electron chi connectivity index (χ3n) is 4.49. The molecule has 0 aliphatic rings. The van der Waals surface area contributed by atoms with Crippen molar-refractivity contribution < 1.29 is 9.59 Å². The Morgan fingerprint density at radius 1 is 0.931 bits per heavy atom. The fraction of sp³-hybridized carbons (Fsp3) is 0.174. The number of pyridine rings is 1. The zero-order valence-electron chi connectivity index (χ0n) is 16.8. The summed E-state index contributed by atoms with van der Waals surface area (Å²) in [7, 11) is 5.63. The van der Waals surface area contributed by atoms with Crippen molar-refractivity contribution in [2.24, 2.45) is 0 Å². The summed E-state index contributed by atoms with van der Waals surface area (Å²) in [4.78, 5) is 33.0. The number of amides is 2. The number of carbonyl (C=O) groups is 2. The molecule has 6 heteroatoms. The molecule has 0 aliphatic carbocycles. The van der Waals surface area contributed by atoms with E-state index in [0.29, 0.717) is 17.8 Å². The molecule has 0 spiro atoms. The Hall–Kier alpha value is -3.67. The number of rotatable bonds is 6. The van der Waals surface area contributed by atoms with Gasteiger partial charge >= 0.3 is 0 Å². The van der Waals surface area contributed by atoms with Gasteiger partial charge in [-0.1, -0.05) is 30.3 Å². The van der Waals surface area contributed by atoms with Crippen molar-refractivity contribution in [2.75, 3.05) is 31.4 Å². The van der Waals surface area contributed by atoms with Crippen LogP contribution in [0.3, 0.4) is 0 Å². The summed E-state index contributed by atoms with van der Waals surface area (Å²) in [5, 5.41) is 2.85. The van der Waals surface area contributed by atoms with Gasteiger partial charge in [-0.3, -0.25) is 14.6 Å². The number of nitrogens with one attached hydrogen (secondary N) is 1. The van der Waals surface area contributed by atoms with Crippen LogP contribution in [0.15, 0.2) is 72.9 Å². The third-order valence-corrected chi connectivity index (χ3v) is 4.49. The van der Waals surface area contributed by atoms with Gasteiger partial charge in [0.2, 0.25) is 0 Å². The molecular weight excluding hydrogens is 364 g/mol. The molecule has 3 rings (SSSR count). The molecule has 0 saturated heterocycles. The molecule has 0 aliphatic heterocycles. The van der Waals surface area contributed by atoms with E-state index in [1.165, 1.54) is 12.3 Å². The molecule has 6 nitrogen and oxygen atoms in total. The fourth-order valence-electron chi connectivity index (χ4n) is 2.86. The Labute approximate surface area is 170 Å². The van der Waals surface area contributed by atoms with E-state index in [2.05, 4.69) is 10.3 Å². The van der Waals surface area contributed by atoms with Crippen LogP contribution in [0.1, 0.15) is 26.4 Å². The number of carbonyl (C=O) groups excluding carboxylic acids is 2. The van der Waals surface area contributed by atoms with E-state index in [4.69, 9.17) is 0 Å². The van der Waals surface area contributed by atoms with E-state index in [0.717, 1.165) is 11.3 Å². The van der Waals surface area contributed by atoms with Crippen molar-refractivity contribution >= 4 is 23.2 Å². The lowest BCUT2D eigenvalue weighted by atomic mass is 10.1. The van der Waals surface area contributed by atoms with Crippen LogP contribution < -0.4 is 10.2 Å². The number of hydrogen-bond acceptors (Lipinski definition) is 4. The van der Waals surface area contributed by atoms with Crippen LogP contribution in [0.4, 0.5) is 11.4 Å². The zero-order valence-corrected chi connectivity index (χ0v) is 16.8. The van der Waals surface area contributed by atoms with E-state index in [-0.39, 0.29) is 17.5 Å². The minimum atomic E-state index is -0.287. The molecule has 1 aromatic heterocycles. The molecule has 0 atom stereocenters. The number of nitrogens with zero attached hydrogens (tertiary/aromatic N) is 3. The molecule has 3 aromatic rings. The Morgan fingerprint density at radius 3 is 2.28 bits per heavy atom. The van der Waals surface area contributed by atoms with Crippen molar-refractivity contribution in [1.82, 2.24) is 9.88 Å². The minimum absolute atomic E-state index is 0.235. The van der Waals surface area contributed by atoms with Gasteiger partial charge in [0, 0.05) is 50.8 Å². The maximum atomic E-state index is 12.7. The summed E-state index contributed by atoms with van der Waals surface area (Å²) >= 11 is 0. The Morgan fingerprint density at radius 2 is 1.62 bits per heavy atom. The van der Waals surface area contributed by atoms with Gasteiger partial charge in [-0.05, 0) is 42.0 Å². The van der Waals surface area contributed by atoms with Crippen LogP contribution in [0, 0.1) is 0 Å². The number of benzene rings is 2. The summed E-state index contributed by atoms with van der Waals surface area (Å²) in [6.07, 6.45) is 1.48. The Kier molecular flexibility index (Phi) is 6.24. The summed E-state index contributed by atoms with van der Waals surface area (Å²) < 4.78 is 0. The first-order valence-corrected chi connectivity index (χ1v) is 9.28. The van der Waals surface area contributed by atoms with Crippen LogP contribution >= 0.6 is 0 Å². The predicted molar refractivity (Wildman–Crippen MR) is 115 cm³/mol. The van der Waals surface area contributed by atoms with Crippen LogP contribution in [0.25, 0.3) is 0 Å². The van der Waals surface area contributed by atoms with Crippen LogP contribution in [-0.2, 0) is 6.54 Å². The standard InChI is InChI=1S/C23H24N4O2/c1-26(2)20-11-9-19(10-12-20)25-22(28)18-13-14-24-21(15-18)23(29)27(3)16-17-7-5-4-6-8-17/h4-15H,16H2,1-3H3,(H,25,28). The maximum Gasteiger partial charge on any atom is 0.272 e. The highest BCUT2D eigenvalue weighted by molar-refractivity contribution is 6.05. The van der Waals surface area contributed by atoms with Gasteiger partial charge in [0.1, 0.15) is 5.69 Å². The molecule has 0 radical (unpaired) electrons. The molecule has 0 saturated carbocycles. The van der Waals surface area contributed by atoms with Gasteiger partial charge < -0.3 is 15.1 Å².